The molecule has 3 rings (SSSR count). The van der Waals surface area contributed by atoms with E-state index in [0.717, 1.165) is 6.07 Å². The number of pyridine rings is 2. The van der Waals surface area contributed by atoms with Crippen LogP contribution < -0.4 is 4.90 Å². The van der Waals surface area contributed by atoms with Crippen LogP contribution in [0.5, 0.6) is 0 Å². The maximum absolute atomic E-state index is 12.8. The molecule has 8 heteroatoms. The van der Waals surface area contributed by atoms with Gasteiger partial charge in [-0.25, -0.2) is 9.97 Å². The molecule has 0 bridgehead atoms. The number of fused-ring (bicyclic) bond motifs is 1. The standard InChI is InChI=1S/C15H15F3N4O/c1-10(23)21-6-8-22(9-7-21)14-11-2-3-13(15(16,17)18)20-12(11)4-5-19-14/h2-5H,6-9H2,1H3. The van der Waals surface area contributed by atoms with E-state index in [0.29, 0.717) is 37.4 Å². The van der Waals surface area contributed by atoms with Gasteiger partial charge in [-0.1, -0.05) is 0 Å². The van der Waals surface area contributed by atoms with E-state index in [2.05, 4.69) is 9.97 Å². The first-order valence-corrected chi connectivity index (χ1v) is 7.19. The summed E-state index contributed by atoms with van der Waals surface area (Å²) >= 11 is 0. The second-order valence-corrected chi connectivity index (χ2v) is 5.39. The summed E-state index contributed by atoms with van der Waals surface area (Å²) in [5, 5.41) is 0.580. The summed E-state index contributed by atoms with van der Waals surface area (Å²) in [5.41, 5.74) is -0.651. The number of rotatable bonds is 1. The van der Waals surface area contributed by atoms with Crippen molar-refractivity contribution in [2.45, 2.75) is 13.1 Å². The summed E-state index contributed by atoms with van der Waals surface area (Å²) in [6.07, 6.45) is -3.01. The molecule has 1 aliphatic rings. The Bertz CT molecular complexity index is 739. The summed E-state index contributed by atoms with van der Waals surface area (Å²) in [4.78, 5) is 23.1. The second-order valence-electron chi connectivity index (χ2n) is 5.39. The molecule has 0 unspecified atom stereocenters. The molecule has 122 valence electrons. The summed E-state index contributed by atoms with van der Waals surface area (Å²) in [6.45, 7) is 3.84. The smallest absolute Gasteiger partial charge is 0.353 e. The van der Waals surface area contributed by atoms with Crippen molar-refractivity contribution >= 4 is 22.6 Å². The Kier molecular flexibility index (Phi) is 3.83. The maximum atomic E-state index is 12.8. The molecule has 2 aromatic heterocycles. The Labute approximate surface area is 130 Å². The fourth-order valence-corrected chi connectivity index (χ4v) is 2.68. The molecule has 0 N–H and O–H groups in total. The molecule has 0 spiro atoms. The highest BCUT2D eigenvalue weighted by Crippen LogP contribution is 2.31. The number of carbonyl (C=O) groups excluding carboxylic acids is 1. The van der Waals surface area contributed by atoms with E-state index in [1.165, 1.54) is 25.3 Å². The van der Waals surface area contributed by atoms with Gasteiger partial charge in [-0.05, 0) is 18.2 Å². The number of carbonyl (C=O) groups is 1. The van der Waals surface area contributed by atoms with E-state index in [-0.39, 0.29) is 11.4 Å². The Balaban J connectivity index is 1.92. The molecule has 0 atom stereocenters. The third-order valence-electron chi connectivity index (χ3n) is 3.91. The number of amides is 1. The lowest BCUT2D eigenvalue weighted by Gasteiger charge is -2.35. The van der Waals surface area contributed by atoms with Gasteiger partial charge in [0.25, 0.3) is 0 Å². The molecule has 0 radical (unpaired) electrons. The Morgan fingerprint density at radius 2 is 1.83 bits per heavy atom. The van der Waals surface area contributed by atoms with Gasteiger partial charge < -0.3 is 9.80 Å². The Morgan fingerprint density at radius 3 is 2.43 bits per heavy atom. The number of halogens is 3. The van der Waals surface area contributed by atoms with Gasteiger partial charge >= 0.3 is 6.18 Å². The third kappa shape index (κ3) is 3.06. The van der Waals surface area contributed by atoms with Gasteiger partial charge in [0.15, 0.2) is 0 Å². The average Bonchev–Trinajstić information content (AvgIpc) is 2.53. The van der Waals surface area contributed by atoms with Crippen LogP contribution in [0.4, 0.5) is 19.0 Å². The lowest BCUT2D eigenvalue weighted by molar-refractivity contribution is -0.141. The lowest BCUT2D eigenvalue weighted by Crippen LogP contribution is -2.48. The van der Waals surface area contributed by atoms with Crippen LogP contribution in [0.1, 0.15) is 12.6 Å². The van der Waals surface area contributed by atoms with Gasteiger partial charge in [0.05, 0.1) is 5.52 Å². The number of aromatic nitrogens is 2. The van der Waals surface area contributed by atoms with Crippen molar-refractivity contribution in [1.82, 2.24) is 14.9 Å². The molecule has 1 fully saturated rings. The molecular weight excluding hydrogens is 309 g/mol. The van der Waals surface area contributed by atoms with Gasteiger partial charge in [-0.2, -0.15) is 13.2 Å². The highest BCUT2D eigenvalue weighted by atomic mass is 19.4. The molecule has 1 saturated heterocycles. The topological polar surface area (TPSA) is 49.3 Å². The highest BCUT2D eigenvalue weighted by molar-refractivity contribution is 5.89. The summed E-state index contributed by atoms with van der Waals surface area (Å²) < 4.78 is 38.3. The van der Waals surface area contributed by atoms with Crippen LogP contribution in [0, 0.1) is 0 Å². The fraction of sp³-hybridized carbons (Fsp3) is 0.400. The van der Waals surface area contributed by atoms with E-state index in [1.807, 2.05) is 4.90 Å². The molecule has 1 amide bonds. The molecular formula is C15H15F3N4O. The number of piperazine rings is 1. The predicted molar refractivity (Wildman–Crippen MR) is 79.0 cm³/mol. The van der Waals surface area contributed by atoms with Crippen LogP contribution in [-0.4, -0.2) is 47.0 Å². The zero-order chi connectivity index (χ0) is 16.6. The van der Waals surface area contributed by atoms with Crippen molar-refractivity contribution in [2.24, 2.45) is 0 Å². The van der Waals surface area contributed by atoms with E-state index < -0.39 is 11.9 Å². The molecule has 0 saturated carbocycles. The van der Waals surface area contributed by atoms with Gasteiger partial charge in [-0.15, -0.1) is 0 Å². The molecule has 23 heavy (non-hydrogen) atoms. The molecule has 2 aromatic rings. The number of anilines is 1. The van der Waals surface area contributed by atoms with Crippen LogP contribution in [-0.2, 0) is 11.0 Å². The van der Waals surface area contributed by atoms with Crippen LogP contribution in [0.3, 0.4) is 0 Å². The normalized spacial score (nSPS) is 16.0. The largest absolute Gasteiger partial charge is 0.433 e. The van der Waals surface area contributed by atoms with Crippen LogP contribution in [0.25, 0.3) is 10.9 Å². The SMILES string of the molecule is CC(=O)N1CCN(c2nccc3nc(C(F)(F)F)ccc23)CC1. The second kappa shape index (κ2) is 5.68. The lowest BCUT2D eigenvalue weighted by atomic mass is 10.2. The van der Waals surface area contributed by atoms with Gasteiger partial charge in [-0.3, -0.25) is 4.79 Å². The van der Waals surface area contributed by atoms with Crippen molar-refractivity contribution < 1.29 is 18.0 Å². The summed E-state index contributed by atoms with van der Waals surface area (Å²) in [5.74, 6) is 0.624. The minimum atomic E-state index is -4.47. The van der Waals surface area contributed by atoms with Crippen molar-refractivity contribution in [3.8, 4) is 0 Å². The zero-order valence-electron chi connectivity index (χ0n) is 12.5. The summed E-state index contributed by atoms with van der Waals surface area (Å²) in [7, 11) is 0. The average molecular weight is 324 g/mol. The number of hydrogen-bond acceptors (Lipinski definition) is 4. The minimum absolute atomic E-state index is 0.0204. The van der Waals surface area contributed by atoms with Crippen LogP contribution in [0.15, 0.2) is 24.4 Å². The molecule has 1 aliphatic heterocycles. The molecule has 3 heterocycles. The van der Waals surface area contributed by atoms with Crippen molar-refractivity contribution in [1.29, 1.82) is 0 Å². The Hall–Kier alpha value is -2.38. The monoisotopic (exact) mass is 324 g/mol. The molecule has 0 aromatic carbocycles. The van der Waals surface area contributed by atoms with E-state index in [1.54, 1.807) is 4.90 Å². The van der Waals surface area contributed by atoms with Crippen molar-refractivity contribution in [3.05, 3.63) is 30.1 Å². The van der Waals surface area contributed by atoms with Crippen molar-refractivity contribution in [2.75, 3.05) is 31.1 Å². The fourth-order valence-electron chi connectivity index (χ4n) is 2.68. The van der Waals surface area contributed by atoms with E-state index in [9.17, 15) is 18.0 Å². The predicted octanol–water partition coefficient (Wildman–Crippen LogP) is 2.32. The maximum Gasteiger partial charge on any atom is 0.433 e. The quantitative estimate of drug-likeness (QED) is 0.808. The first-order chi connectivity index (χ1) is 10.9. The van der Waals surface area contributed by atoms with Crippen molar-refractivity contribution in [3.63, 3.8) is 0 Å². The van der Waals surface area contributed by atoms with Gasteiger partial charge in [0.1, 0.15) is 11.5 Å². The van der Waals surface area contributed by atoms with Gasteiger partial charge in [0.2, 0.25) is 5.91 Å². The zero-order valence-corrected chi connectivity index (χ0v) is 12.5. The first kappa shape index (κ1) is 15.5. The third-order valence-corrected chi connectivity index (χ3v) is 3.91. The van der Waals surface area contributed by atoms with E-state index in [4.69, 9.17) is 0 Å². The number of alkyl halides is 3. The minimum Gasteiger partial charge on any atom is -0.353 e. The molecule has 5 nitrogen and oxygen atoms in total. The van der Waals surface area contributed by atoms with Gasteiger partial charge in [0, 0.05) is 44.7 Å². The van der Waals surface area contributed by atoms with E-state index >= 15 is 0 Å². The molecule has 0 aliphatic carbocycles. The first-order valence-electron chi connectivity index (χ1n) is 7.19. The number of hydrogen-bond donors (Lipinski definition) is 0. The Morgan fingerprint density at radius 1 is 1.13 bits per heavy atom. The van der Waals surface area contributed by atoms with Crippen LogP contribution >= 0.6 is 0 Å². The number of nitrogens with zero attached hydrogens (tertiary/aromatic N) is 4. The summed E-state index contributed by atoms with van der Waals surface area (Å²) in [6, 6.07) is 3.85. The van der Waals surface area contributed by atoms with Crippen LogP contribution in [0.2, 0.25) is 0 Å². The highest BCUT2D eigenvalue weighted by Gasteiger charge is 2.32.